The van der Waals surface area contributed by atoms with Gasteiger partial charge in [-0.2, -0.15) is 5.26 Å². The summed E-state index contributed by atoms with van der Waals surface area (Å²) >= 11 is 0. The molecule has 0 unspecified atom stereocenters. The predicted octanol–water partition coefficient (Wildman–Crippen LogP) is 1.77. The predicted molar refractivity (Wildman–Crippen MR) is 45.4 cm³/mol. The van der Waals surface area contributed by atoms with E-state index in [1.165, 1.54) is 6.33 Å². The minimum Gasteiger partial charge on any atom is -0.345 e. The minimum absolute atomic E-state index is 0.0780. The van der Waals surface area contributed by atoms with Gasteiger partial charge in [0.05, 0.1) is 24.3 Å². The summed E-state index contributed by atoms with van der Waals surface area (Å²) < 4.78 is 13.5. The zero-order chi connectivity index (χ0) is 9.26. The van der Waals surface area contributed by atoms with E-state index in [1.54, 1.807) is 12.1 Å². The van der Waals surface area contributed by atoms with Crippen LogP contribution < -0.4 is 0 Å². The Bertz CT molecular complexity index is 481. The van der Waals surface area contributed by atoms with Crippen molar-refractivity contribution in [1.82, 2.24) is 9.97 Å². The lowest BCUT2D eigenvalue weighted by atomic mass is 10.1. The Balaban J connectivity index is 2.67. The Morgan fingerprint density at radius 2 is 2.38 bits per heavy atom. The molecule has 0 aliphatic heterocycles. The smallest absolute Gasteiger partial charge is 0.155 e. The van der Waals surface area contributed by atoms with Crippen molar-refractivity contribution in [3.8, 4) is 6.07 Å². The first-order valence-electron chi connectivity index (χ1n) is 3.80. The van der Waals surface area contributed by atoms with E-state index in [9.17, 15) is 4.39 Å². The second kappa shape index (κ2) is 2.87. The van der Waals surface area contributed by atoms with Crippen LogP contribution in [0.2, 0.25) is 0 Å². The number of imidazole rings is 1. The number of rotatable bonds is 1. The van der Waals surface area contributed by atoms with Gasteiger partial charge < -0.3 is 4.98 Å². The normalized spacial score (nSPS) is 10.2. The van der Waals surface area contributed by atoms with E-state index in [4.69, 9.17) is 5.26 Å². The first kappa shape index (κ1) is 7.74. The lowest BCUT2D eigenvalue weighted by molar-refractivity contribution is 0.625. The molecule has 0 saturated heterocycles. The Labute approximate surface area is 73.8 Å². The van der Waals surface area contributed by atoms with Crippen LogP contribution in [-0.4, -0.2) is 9.97 Å². The van der Waals surface area contributed by atoms with Gasteiger partial charge in [-0.15, -0.1) is 0 Å². The lowest BCUT2D eigenvalue weighted by Gasteiger charge is -1.97. The number of nitrogens with one attached hydrogen (secondary N) is 1. The first-order valence-corrected chi connectivity index (χ1v) is 3.80. The van der Waals surface area contributed by atoms with E-state index >= 15 is 0 Å². The number of nitriles is 1. The van der Waals surface area contributed by atoms with Crippen LogP contribution in [0.1, 0.15) is 5.56 Å². The van der Waals surface area contributed by atoms with Crippen molar-refractivity contribution in [1.29, 1.82) is 5.26 Å². The molecule has 0 aliphatic rings. The number of H-pyrrole nitrogens is 1. The number of aromatic nitrogens is 2. The van der Waals surface area contributed by atoms with Gasteiger partial charge in [-0.25, -0.2) is 9.37 Å². The zero-order valence-corrected chi connectivity index (χ0v) is 6.71. The number of aromatic amines is 1. The quantitative estimate of drug-likeness (QED) is 0.718. The van der Waals surface area contributed by atoms with Crippen molar-refractivity contribution in [3.63, 3.8) is 0 Å². The third kappa shape index (κ3) is 1.14. The number of benzene rings is 1. The fourth-order valence-electron chi connectivity index (χ4n) is 1.24. The summed E-state index contributed by atoms with van der Waals surface area (Å²) in [7, 11) is 0. The van der Waals surface area contributed by atoms with Gasteiger partial charge in [-0.05, 0) is 6.07 Å². The average molecular weight is 175 g/mol. The van der Waals surface area contributed by atoms with Crippen LogP contribution in [0.5, 0.6) is 0 Å². The Kier molecular flexibility index (Phi) is 1.71. The van der Waals surface area contributed by atoms with Crippen LogP contribution in [0.25, 0.3) is 11.0 Å². The van der Waals surface area contributed by atoms with E-state index in [0.717, 1.165) is 0 Å². The number of halogens is 1. The topological polar surface area (TPSA) is 52.5 Å². The van der Waals surface area contributed by atoms with Gasteiger partial charge in [0.2, 0.25) is 0 Å². The van der Waals surface area contributed by atoms with Gasteiger partial charge in [-0.3, -0.25) is 0 Å². The van der Waals surface area contributed by atoms with Crippen molar-refractivity contribution in [2.45, 2.75) is 6.42 Å². The molecule has 0 amide bonds. The van der Waals surface area contributed by atoms with Crippen LogP contribution in [0, 0.1) is 17.1 Å². The van der Waals surface area contributed by atoms with Gasteiger partial charge in [-0.1, -0.05) is 6.07 Å². The fourth-order valence-corrected chi connectivity index (χ4v) is 1.24. The second-order valence-electron chi connectivity index (χ2n) is 2.67. The lowest BCUT2D eigenvalue weighted by Crippen LogP contribution is -1.89. The summed E-state index contributed by atoms with van der Waals surface area (Å²) in [5.74, 6) is -0.402. The summed E-state index contributed by atoms with van der Waals surface area (Å²) in [5.41, 5.74) is 1.34. The molecule has 0 aliphatic carbocycles. The van der Waals surface area contributed by atoms with Gasteiger partial charge in [0.25, 0.3) is 0 Å². The zero-order valence-electron chi connectivity index (χ0n) is 6.71. The molecule has 1 heterocycles. The Hall–Kier alpha value is -1.89. The maximum atomic E-state index is 13.5. The van der Waals surface area contributed by atoms with Gasteiger partial charge in [0.15, 0.2) is 5.82 Å². The Morgan fingerprint density at radius 1 is 1.54 bits per heavy atom. The highest BCUT2D eigenvalue weighted by molar-refractivity contribution is 5.76. The molecule has 0 atom stereocenters. The van der Waals surface area contributed by atoms with Gasteiger partial charge >= 0.3 is 0 Å². The number of hydrogen-bond acceptors (Lipinski definition) is 2. The molecule has 2 aromatic rings. The molecule has 2 rings (SSSR count). The minimum atomic E-state index is -0.402. The average Bonchev–Trinajstić information content (AvgIpc) is 2.58. The summed E-state index contributed by atoms with van der Waals surface area (Å²) in [6.45, 7) is 0. The Morgan fingerprint density at radius 3 is 3.15 bits per heavy atom. The molecule has 0 fully saturated rings. The monoisotopic (exact) mass is 175 g/mol. The van der Waals surface area contributed by atoms with Crippen LogP contribution in [0.3, 0.4) is 0 Å². The molecular formula is C9H6FN3. The summed E-state index contributed by atoms with van der Waals surface area (Å²) in [6, 6.07) is 5.22. The van der Waals surface area contributed by atoms with E-state index < -0.39 is 5.82 Å². The van der Waals surface area contributed by atoms with Crippen LogP contribution in [-0.2, 0) is 6.42 Å². The third-order valence-electron chi connectivity index (χ3n) is 1.88. The van der Waals surface area contributed by atoms with E-state index in [0.29, 0.717) is 16.6 Å². The fraction of sp³-hybridized carbons (Fsp3) is 0.111. The molecular weight excluding hydrogens is 169 g/mol. The van der Waals surface area contributed by atoms with E-state index in [-0.39, 0.29) is 6.42 Å². The SMILES string of the molecule is N#CCc1ccc2[nH]cnc2c1F. The van der Waals surface area contributed by atoms with Crippen molar-refractivity contribution < 1.29 is 4.39 Å². The molecule has 64 valence electrons. The molecule has 1 aromatic heterocycles. The highest BCUT2D eigenvalue weighted by Gasteiger charge is 2.08. The van der Waals surface area contributed by atoms with Gasteiger partial charge in [0.1, 0.15) is 5.52 Å². The van der Waals surface area contributed by atoms with Crippen LogP contribution in [0.4, 0.5) is 4.39 Å². The standard InChI is InChI=1S/C9H6FN3/c10-8-6(3-4-11)1-2-7-9(8)13-5-12-7/h1-2,5H,3H2,(H,12,13). The van der Waals surface area contributed by atoms with Crippen molar-refractivity contribution in [2.24, 2.45) is 0 Å². The number of hydrogen-bond donors (Lipinski definition) is 1. The third-order valence-corrected chi connectivity index (χ3v) is 1.88. The van der Waals surface area contributed by atoms with Crippen molar-refractivity contribution in [2.75, 3.05) is 0 Å². The molecule has 13 heavy (non-hydrogen) atoms. The molecule has 1 N–H and O–H groups in total. The summed E-state index contributed by atoms with van der Waals surface area (Å²) in [6.07, 6.45) is 1.51. The highest BCUT2D eigenvalue weighted by atomic mass is 19.1. The van der Waals surface area contributed by atoms with Crippen molar-refractivity contribution >= 4 is 11.0 Å². The van der Waals surface area contributed by atoms with Gasteiger partial charge in [0, 0.05) is 5.56 Å². The van der Waals surface area contributed by atoms with Crippen molar-refractivity contribution in [3.05, 3.63) is 29.8 Å². The first-order chi connectivity index (χ1) is 6.33. The van der Waals surface area contributed by atoms with Crippen LogP contribution in [0.15, 0.2) is 18.5 Å². The molecule has 0 spiro atoms. The van der Waals surface area contributed by atoms with E-state index in [1.807, 2.05) is 6.07 Å². The maximum Gasteiger partial charge on any atom is 0.155 e. The molecule has 0 saturated carbocycles. The highest BCUT2D eigenvalue weighted by Crippen LogP contribution is 2.17. The molecule has 4 heteroatoms. The molecule has 3 nitrogen and oxygen atoms in total. The largest absolute Gasteiger partial charge is 0.345 e. The molecule has 0 radical (unpaired) electrons. The number of nitrogens with zero attached hydrogens (tertiary/aromatic N) is 2. The second-order valence-corrected chi connectivity index (χ2v) is 2.67. The maximum absolute atomic E-state index is 13.5. The molecule has 1 aromatic carbocycles. The number of fused-ring (bicyclic) bond motifs is 1. The van der Waals surface area contributed by atoms with Crippen LogP contribution >= 0.6 is 0 Å². The summed E-state index contributed by atoms with van der Waals surface area (Å²) in [4.78, 5) is 6.62. The molecule has 0 bridgehead atoms. The summed E-state index contributed by atoms with van der Waals surface area (Å²) in [5, 5.41) is 8.42. The van der Waals surface area contributed by atoms with E-state index in [2.05, 4.69) is 9.97 Å².